The molecule has 6 heteroatoms. The zero-order valence-corrected chi connectivity index (χ0v) is 10.8. The molecule has 3 rings (SSSR count). The largest absolute Gasteiger partial charge is 0.378 e. The van der Waals surface area contributed by atoms with Crippen LogP contribution in [0.15, 0.2) is 23.6 Å². The summed E-state index contributed by atoms with van der Waals surface area (Å²) in [6, 6.07) is 3.57. The number of rotatable bonds is 2. The summed E-state index contributed by atoms with van der Waals surface area (Å²) in [5, 5.41) is 5.93. The number of benzene rings is 1. The molecular weight excluding hydrogens is 270 g/mol. The van der Waals surface area contributed by atoms with Gasteiger partial charge in [0.2, 0.25) is 0 Å². The average molecular weight is 282 g/mol. The van der Waals surface area contributed by atoms with Crippen LogP contribution >= 0.6 is 11.3 Å². The molecule has 2 heterocycles. The molecule has 0 aliphatic carbocycles. The first-order valence-electron chi connectivity index (χ1n) is 5.96. The van der Waals surface area contributed by atoms with Crippen LogP contribution in [0.4, 0.5) is 8.78 Å². The van der Waals surface area contributed by atoms with Crippen LogP contribution in [-0.2, 0) is 4.74 Å². The summed E-state index contributed by atoms with van der Waals surface area (Å²) in [4.78, 5) is 4.41. The summed E-state index contributed by atoms with van der Waals surface area (Å²) < 4.78 is 31.9. The predicted molar refractivity (Wildman–Crippen MR) is 69.0 cm³/mol. The summed E-state index contributed by atoms with van der Waals surface area (Å²) in [5.74, 6) is -1.18. The Labute approximate surface area is 113 Å². The minimum atomic E-state index is -0.593. The van der Waals surface area contributed by atoms with Gasteiger partial charge in [0.15, 0.2) is 0 Å². The number of hydrogen-bond donors (Lipinski definition) is 1. The van der Waals surface area contributed by atoms with E-state index in [1.165, 1.54) is 23.5 Å². The second-order valence-corrected chi connectivity index (χ2v) is 5.17. The fraction of sp³-hybridized carbons (Fsp3) is 0.308. The third-order valence-electron chi connectivity index (χ3n) is 2.95. The van der Waals surface area contributed by atoms with Crippen molar-refractivity contribution in [2.45, 2.75) is 6.04 Å². The molecule has 0 bridgehead atoms. The van der Waals surface area contributed by atoms with Crippen molar-refractivity contribution in [3.8, 4) is 11.3 Å². The van der Waals surface area contributed by atoms with Crippen LogP contribution in [0.3, 0.4) is 0 Å². The number of nitrogens with zero attached hydrogens (tertiary/aromatic N) is 1. The maximum absolute atomic E-state index is 13.7. The van der Waals surface area contributed by atoms with Crippen molar-refractivity contribution >= 4 is 11.3 Å². The monoisotopic (exact) mass is 282 g/mol. The molecule has 100 valence electrons. The molecule has 1 aromatic heterocycles. The van der Waals surface area contributed by atoms with Gasteiger partial charge in [0.25, 0.3) is 0 Å². The predicted octanol–water partition coefficient (Wildman–Crippen LogP) is 2.75. The topological polar surface area (TPSA) is 34.1 Å². The van der Waals surface area contributed by atoms with Crippen molar-refractivity contribution in [1.29, 1.82) is 0 Å². The van der Waals surface area contributed by atoms with Crippen LogP contribution in [0.25, 0.3) is 11.3 Å². The van der Waals surface area contributed by atoms with Crippen LogP contribution in [0.1, 0.15) is 11.0 Å². The molecule has 19 heavy (non-hydrogen) atoms. The first-order chi connectivity index (χ1) is 9.24. The molecule has 1 aliphatic rings. The zero-order chi connectivity index (χ0) is 13.2. The molecule has 1 N–H and O–H groups in total. The fourth-order valence-electron chi connectivity index (χ4n) is 1.99. The number of aromatic nitrogens is 1. The van der Waals surface area contributed by atoms with Crippen LogP contribution in [0.5, 0.6) is 0 Å². The van der Waals surface area contributed by atoms with E-state index in [1.807, 2.05) is 0 Å². The van der Waals surface area contributed by atoms with E-state index in [1.54, 1.807) is 5.38 Å². The molecule has 0 amide bonds. The third kappa shape index (κ3) is 2.65. The molecule has 2 aromatic rings. The van der Waals surface area contributed by atoms with Gasteiger partial charge in [-0.2, -0.15) is 0 Å². The van der Waals surface area contributed by atoms with Gasteiger partial charge in [-0.3, -0.25) is 0 Å². The average Bonchev–Trinajstić information content (AvgIpc) is 2.89. The third-order valence-corrected chi connectivity index (χ3v) is 3.91. The van der Waals surface area contributed by atoms with E-state index < -0.39 is 11.6 Å². The number of halogens is 2. The van der Waals surface area contributed by atoms with Crippen LogP contribution in [0, 0.1) is 11.6 Å². The van der Waals surface area contributed by atoms with Gasteiger partial charge in [-0.05, 0) is 12.1 Å². The van der Waals surface area contributed by atoms with Crippen LogP contribution in [0.2, 0.25) is 0 Å². The lowest BCUT2D eigenvalue weighted by Gasteiger charge is -2.21. The van der Waals surface area contributed by atoms with E-state index in [9.17, 15) is 8.78 Å². The summed E-state index contributed by atoms with van der Waals surface area (Å²) in [6.45, 7) is 2.05. The molecule has 1 aliphatic heterocycles. The van der Waals surface area contributed by atoms with Gasteiger partial charge in [-0.25, -0.2) is 13.8 Å². The van der Waals surface area contributed by atoms with Crippen molar-refractivity contribution < 1.29 is 13.5 Å². The zero-order valence-electron chi connectivity index (χ0n) is 10.0. The summed E-state index contributed by atoms with van der Waals surface area (Å²) >= 11 is 1.45. The lowest BCUT2D eigenvalue weighted by Crippen LogP contribution is -2.34. The molecular formula is C13H12F2N2OS. The minimum Gasteiger partial charge on any atom is -0.378 e. The maximum Gasteiger partial charge on any atom is 0.135 e. The highest BCUT2D eigenvalue weighted by molar-refractivity contribution is 7.10. The molecule has 3 nitrogen and oxygen atoms in total. The first-order valence-corrected chi connectivity index (χ1v) is 6.84. The summed E-state index contributed by atoms with van der Waals surface area (Å²) in [5.41, 5.74) is 0.852. The van der Waals surface area contributed by atoms with E-state index in [0.29, 0.717) is 24.5 Å². The van der Waals surface area contributed by atoms with Crippen molar-refractivity contribution in [3.63, 3.8) is 0 Å². The Bertz CT molecular complexity index is 582. The Balaban J connectivity index is 1.87. The van der Waals surface area contributed by atoms with Gasteiger partial charge in [-0.1, -0.05) is 0 Å². The van der Waals surface area contributed by atoms with Gasteiger partial charge in [0.05, 0.1) is 24.9 Å². The van der Waals surface area contributed by atoms with Gasteiger partial charge >= 0.3 is 0 Å². The Morgan fingerprint density at radius 3 is 3.00 bits per heavy atom. The quantitative estimate of drug-likeness (QED) is 0.919. The standard InChI is InChI=1S/C13H12F2N2OS/c14-8-1-2-9(10(15)5-8)12-7-19-13(17-12)11-6-18-4-3-16-11/h1-2,5,7,11,16H,3-4,6H2. The molecule has 1 atom stereocenters. The molecule has 1 saturated heterocycles. The molecule has 0 spiro atoms. The molecule has 0 saturated carbocycles. The van der Waals surface area contributed by atoms with Crippen LogP contribution < -0.4 is 5.32 Å². The lowest BCUT2D eigenvalue weighted by atomic mass is 10.1. The van der Waals surface area contributed by atoms with Gasteiger partial charge in [0.1, 0.15) is 16.6 Å². The molecule has 1 unspecified atom stereocenters. The highest BCUT2D eigenvalue weighted by Crippen LogP contribution is 2.28. The Morgan fingerprint density at radius 1 is 1.37 bits per heavy atom. The molecule has 0 radical (unpaired) electrons. The van der Waals surface area contributed by atoms with Gasteiger partial charge in [0, 0.05) is 23.6 Å². The Morgan fingerprint density at radius 2 is 2.26 bits per heavy atom. The Hall–Kier alpha value is -1.37. The van der Waals surface area contributed by atoms with E-state index in [4.69, 9.17) is 4.74 Å². The van der Waals surface area contributed by atoms with Crippen molar-refractivity contribution in [2.24, 2.45) is 0 Å². The lowest BCUT2D eigenvalue weighted by molar-refractivity contribution is 0.0768. The second-order valence-electron chi connectivity index (χ2n) is 4.28. The number of ether oxygens (including phenoxy) is 1. The number of hydrogen-bond acceptors (Lipinski definition) is 4. The SMILES string of the molecule is Fc1ccc(-c2csc(C3COCCN3)n2)c(F)c1. The van der Waals surface area contributed by atoms with E-state index in [-0.39, 0.29) is 6.04 Å². The van der Waals surface area contributed by atoms with Crippen molar-refractivity contribution in [2.75, 3.05) is 19.8 Å². The number of thiazole rings is 1. The number of nitrogens with one attached hydrogen (secondary N) is 1. The minimum absolute atomic E-state index is 0.0519. The summed E-state index contributed by atoms with van der Waals surface area (Å²) in [7, 11) is 0. The van der Waals surface area contributed by atoms with E-state index >= 15 is 0 Å². The molecule has 1 fully saturated rings. The highest BCUT2D eigenvalue weighted by Gasteiger charge is 2.19. The number of morpholine rings is 1. The van der Waals surface area contributed by atoms with Gasteiger partial charge < -0.3 is 10.1 Å². The smallest absolute Gasteiger partial charge is 0.135 e. The molecule has 1 aromatic carbocycles. The van der Waals surface area contributed by atoms with Crippen LogP contribution in [-0.4, -0.2) is 24.7 Å². The fourth-order valence-corrected chi connectivity index (χ4v) is 2.87. The second kappa shape index (κ2) is 5.32. The van der Waals surface area contributed by atoms with Crippen molar-refractivity contribution in [3.05, 3.63) is 40.2 Å². The first kappa shape index (κ1) is 12.7. The van der Waals surface area contributed by atoms with E-state index in [0.717, 1.165) is 17.6 Å². The Kier molecular flexibility index (Phi) is 3.54. The van der Waals surface area contributed by atoms with E-state index in [2.05, 4.69) is 10.3 Å². The van der Waals surface area contributed by atoms with Gasteiger partial charge in [-0.15, -0.1) is 11.3 Å². The van der Waals surface area contributed by atoms with Crippen molar-refractivity contribution in [1.82, 2.24) is 10.3 Å². The normalized spacial score (nSPS) is 19.6. The highest BCUT2D eigenvalue weighted by atomic mass is 32.1. The summed E-state index contributed by atoms with van der Waals surface area (Å²) in [6.07, 6.45) is 0. The maximum atomic E-state index is 13.7.